The molecule has 4 nitrogen and oxygen atoms in total. The van der Waals surface area contributed by atoms with Crippen molar-refractivity contribution in [3.63, 3.8) is 0 Å². The van der Waals surface area contributed by atoms with Crippen LogP contribution in [0.3, 0.4) is 0 Å². The number of likely N-dealkylation sites (tertiary alicyclic amines) is 1. The van der Waals surface area contributed by atoms with E-state index in [2.05, 4.69) is 5.32 Å². The molecule has 1 aliphatic rings. The molecule has 1 fully saturated rings. The summed E-state index contributed by atoms with van der Waals surface area (Å²) in [5, 5.41) is 2.77. The summed E-state index contributed by atoms with van der Waals surface area (Å²) in [6, 6.07) is 12.9. The first-order valence-electron chi connectivity index (χ1n) is 9.23. The van der Waals surface area contributed by atoms with Gasteiger partial charge in [-0.25, -0.2) is 4.39 Å². The smallest absolute Gasteiger partial charge is 0.342 e. The minimum absolute atomic E-state index is 0.0294. The highest BCUT2D eigenvalue weighted by Gasteiger charge is 2.36. The third-order valence-corrected chi connectivity index (χ3v) is 4.80. The van der Waals surface area contributed by atoms with Gasteiger partial charge in [-0.05, 0) is 48.2 Å². The van der Waals surface area contributed by atoms with Crippen molar-refractivity contribution in [3.8, 4) is 11.1 Å². The summed E-state index contributed by atoms with van der Waals surface area (Å²) in [7, 11) is 0. The van der Waals surface area contributed by atoms with Crippen LogP contribution in [0, 0.1) is 11.7 Å². The van der Waals surface area contributed by atoms with Gasteiger partial charge in [0.05, 0.1) is 5.92 Å². The molecule has 8 heteroatoms. The highest BCUT2D eigenvalue weighted by Crippen LogP contribution is 2.26. The molecule has 1 aliphatic heterocycles. The lowest BCUT2D eigenvalue weighted by atomic mass is 9.96. The Bertz CT molecular complexity index is 881. The number of anilines is 1. The van der Waals surface area contributed by atoms with Gasteiger partial charge in [0.2, 0.25) is 11.8 Å². The summed E-state index contributed by atoms with van der Waals surface area (Å²) in [6.07, 6.45) is -5.11. The second-order valence-electron chi connectivity index (χ2n) is 7.05. The van der Waals surface area contributed by atoms with Crippen molar-refractivity contribution in [3.05, 3.63) is 54.3 Å². The van der Waals surface area contributed by atoms with Crippen LogP contribution >= 0.6 is 0 Å². The molecule has 0 aliphatic carbocycles. The van der Waals surface area contributed by atoms with E-state index in [9.17, 15) is 27.2 Å². The highest BCUT2D eigenvalue weighted by atomic mass is 19.4. The number of piperidine rings is 1. The van der Waals surface area contributed by atoms with Gasteiger partial charge in [-0.15, -0.1) is 0 Å². The van der Waals surface area contributed by atoms with E-state index in [1.54, 1.807) is 30.3 Å². The average molecular weight is 408 g/mol. The van der Waals surface area contributed by atoms with Crippen molar-refractivity contribution < 1.29 is 27.2 Å². The maximum absolute atomic E-state index is 13.1. The molecule has 0 radical (unpaired) electrons. The lowest BCUT2D eigenvalue weighted by Gasteiger charge is -2.32. The standard InChI is InChI=1S/C21H20F4N2O2/c22-17-8-6-14(7-9-17)15-3-1-5-18(11-15)26-20(29)16-4-2-10-27(13-16)19(28)12-21(23,24)25/h1,3,5-9,11,16H,2,4,10,12-13H2,(H,26,29). The Balaban J connectivity index is 1.64. The van der Waals surface area contributed by atoms with Gasteiger partial charge >= 0.3 is 6.18 Å². The molecule has 0 spiro atoms. The zero-order chi connectivity index (χ0) is 21.0. The van der Waals surface area contributed by atoms with E-state index in [0.717, 1.165) is 16.0 Å². The largest absolute Gasteiger partial charge is 0.397 e. The van der Waals surface area contributed by atoms with E-state index < -0.39 is 24.4 Å². The molecule has 2 amide bonds. The number of nitrogens with zero attached hydrogens (tertiary/aromatic N) is 1. The molecule has 154 valence electrons. The van der Waals surface area contributed by atoms with Crippen LogP contribution in [0.4, 0.5) is 23.2 Å². The monoisotopic (exact) mass is 408 g/mol. The fourth-order valence-corrected chi connectivity index (χ4v) is 3.36. The fraction of sp³-hybridized carbons (Fsp3) is 0.333. The van der Waals surface area contributed by atoms with E-state index in [4.69, 9.17) is 0 Å². The number of alkyl halides is 3. The number of rotatable bonds is 4. The van der Waals surface area contributed by atoms with E-state index in [0.29, 0.717) is 18.5 Å². The lowest BCUT2D eigenvalue weighted by Crippen LogP contribution is -2.44. The van der Waals surface area contributed by atoms with Gasteiger partial charge in [0.15, 0.2) is 0 Å². The number of hydrogen-bond acceptors (Lipinski definition) is 2. The molecule has 2 aromatic carbocycles. The third kappa shape index (κ3) is 5.79. The Morgan fingerprint density at radius 1 is 1.07 bits per heavy atom. The molecule has 2 aromatic rings. The van der Waals surface area contributed by atoms with Crippen molar-refractivity contribution in [2.24, 2.45) is 5.92 Å². The molecular formula is C21H20F4N2O2. The Labute approximate surface area is 165 Å². The summed E-state index contributed by atoms with van der Waals surface area (Å²) >= 11 is 0. The zero-order valence-corrected chi connectivity index (χ0v) is 15.5. The van der Waals surface area contributed by atoms with Crippen LogP contribution in [-0.4, -0.2) is 36.0 Å². The Morgan fingerprint density at radius 2 is 1.79 bits per heavy atom. The molecule has 29 heavy (non-hydrogen) atoms. The quantitative estimate of drug-likeness (QED) is 0.751. The third-order valence-electron chi connectivity index (χ3n) is 4.80. The topological polar surface area (TPSA) is 49.4 Å². The number of hydrogen-bond donors (Lipinski definition) is 1. The van der Waals surface area contributed by atoms with Gasteiger partial charge in [0, 0.05) is 18.8 Å². The van der Waals surface area contributed by atoms with Crippen LogP contribution in [0.15, 0.2) is 48.5 Å². The van der Waals surface area contributed by atoms with E-state index >= 15 is 0 Å². The number of carbonyl (C=O) groups is 2. The first-order valence-corrected chi connectivity index (χ1v) is 9.23. The van der Waals surface area contributed by atoms with Gasteiger partial charge in [0.1, 0.15) is 12.2 Å². The van der Waals surface area contributed by atoms with Crippen LogP contribution in [0.5, 0.6) is 0 Å². The second kappa shape index (κ2) is 8.63. The first kappa shape index (κ1) is 20.8. The molecule has 1 heterocycles. The van der Waals surface area contributed by atoms with Gasteiger partial charge in [0.25, 0.3) is 0 Å². The van der Waals surface area contributed by atoms with Crippen molar-refractivity contribution in [2.45, 2.75) is 25.4 Å². The molecule has 0 saturated carbocycles. The SMILES string of the molecule is O=C(Nc1cccc(-c2ccc(F)cc2)c1)C1CCCN(C(=O)CC(F)(F)F)C1. The molecule has 1 unspecified atom stereocenters. The second-order valence-corrected chi connectivity index (χ2v) is 7.05. The number of amides is 2. The zero-order valence-electron chi connectivity index (χ0n) is 15.5. The van der Waals surface area contributed by atoms with Gasteiger partial charge < -0.3 is 10.2 Å². The van der Waals surface area contributed by atoms with E-state index in [1.165, 1.54) is 12.1 Å². The molecule has 0 bridgehead atoms. The average Bonchev–Trinajstić information content (AvgIpc) is 2.67. The fourth-order valence-electron chi connectivity index (χ4n) is 3.36. The summed E-state index contributed by atoms with van der Waals surface area (Å²) < 4.78 is 50.5. The molecule has 0 aromatic heterocycles. The Kier molecular flexibility index (Phi) is 6.20. The van der Waals surface area contributed by atoms with E-state index in [-0.39, 0.29) is 24.8 Å². The minimum atomic E-state index is -4.56. The van der Waals surface area contributed by atoms with Gasteiger partial charge in [-0.3, -0.25) is 9.59 Å². The predicted octanol–water partition coefficient (Wildman–Crippen LogP) is 4.62. The molecular weight excluding hydrogens is 388 g/mol. The van der Waals surface area contributed by atoms with Crippen molar-refractivity contribution in [1.82, 2.24) is 4.90 Å². The molecule has 1 atom stereocenters. The maximum atomic E-state index is 13.1. The van der Waals surface area contributed by atoms with Crippen molar-refractivity contribution >= 4 is 17.5 Å². The number of nitrogens with one attached hydrogen (secondary N) is 1. The summed E-state index contributed by atoms with van der Waals surface area (Å²) in [5.41, 5.74) is 2.09. The van der Waals surface area contributed by atoms with Crippen LogP contribution in [0.2, 0.25) is 0 Å². The van der Waals surface area contributed by atoms with Crippen LogP contribution in [0.25, 0.3) is 11.1 Å². The molecule has 1 N–H and O–H groups in total. The van der Waals surface area contributed by atoms with Crippen molar-refractivity contribution in [1.29, 1.82) is 0 Å². The van der Waals surface area contributed by atoms with Gasteiger partial charge in [-0.1, -0.05) is 24.3 Å². The lowest BCUT2D eigenvalue weighted by molar-refractivity contribution is -0.162. The maximum Gasteiger partial charge on any atom is 0.397 e. The van der Waals surface area contributed by atoms with Crippen LogP contribution < -0.4 is 5.32 Å². The highest BCUT2D eigenvalue weighted by molar-refractivity contribution is 5.93. The molecule has 3 rings (SSSR count). The van der Waals surface area contributed by atoms with Crippen molar-refractivity contribution in [2.75, 3.05) is 18.4 Å². The normalized spacial score (nSPS) is 17.1. The molecule has 1 saturated heterocycles. The summed E-state index contributed by atoms with van der Waals surface area (Å²) in [4.78, 5) is 25.5. The minimum Gasteiger partial charge on any atom is -0.342 e. The number of benzene rings is 2. The van der Waals surface area contributed by atoms with Crippen LogP contribution in [-0.2, 0) is 9.59 Å². The Hall–Kier alpha value is -2.90. The number of halogens is 4. The number of carbonyl (C=O) groups excluding carboxylic acids is 2. The Morgan fingerprint density at radius 3 is 2.48 bits per heavy atom. The predicted molar refractivity (Wildman–Crippen MR) is 100 cm³/mol. The van der Waals surface area contributed by atoms with Crippen LogP contribution in [0.1, 0.15) is 19.3 Å². The summed E-state index contributed by atoms with van der Waals surface area (Å²) in [6.45, 7) is 0.192. The first-order chi connectivity index (χ1) is 13.7. The van der Waals surface area contributed by atoms with Gasteiger partial charge in [-0.2, -0.15) is 13.2 Å². The van der Waals surface area contributed by atoms with E-state index in [1.807, 2.05) is 6.07 Å². The summed E-state index contributed by atoms with van der Waals surface area (Å²) in [5.74, 6) is -2.27.